The number of benzene rings is 1. The van der Waals surface area contributed by atoms with E-state index >= 15 is 0 Å². The lowest BCUT2D eigenvalue weighted by Gasteiger charge is -2.24. The van der Waals surface area contributed by atoms with Gasteiger partial charge >= 0.3 is 0 Å². The molecule has 1 aliphatic carbocycles. The van der Waals surface area contributed by atoms with Crippen molar-refractivity contribution in [2.24, 2.45) is 5.84 Å². The predicted octanol–water partition coefficient (Wildman–Crippen LogP) is 4.15. The number of carbonyl (C=O) groups is 1. The molecule has 2 heterocycles. The average Bonchev–Trinajstić information content (AvgIpc) is 2.98. The van der Waals surface area contributed by atoms with Crippen molar-refractivity contribution in [3.8, 4) is 0 Å². The van der Waals surface area contributed by atoms with E-state index in [1.807, 2.05) is 30.5 Å². The molecule has 2 aromatic heterocycles. The Morgan fingerprint density at radius 3 is 2.77 bits per heavy atom. The van der Waals surface area contributed by atoms with Crippen LogP contribution in [0.3, 0.4) is 0 Å². The summed E-state index contributed by atoms with van der Waals surface area (Å²) < 4.78 is 1.78. The van der Waals surface area contributed by atoms with E-state index in [1.165, 1.54) is 5.56 Å². The summed E-state index contributed by atoms with van der Waals surface area (Å²) in [7, 11) is 0. The molecule has 0 bridgehead atoms. The number of fused-ring (bicyclic) bond motifs is 1. The largest absolute Gasteiger partial charge is 0.293 e. The van der Waals surface area contributed by atoms with Crippen LogP contribution in [0.15, 0.2) is 47.5 Å². The van der Waals surface area contributed by atoms with Crippen molar-refractivity contribution in [2.75, 3.05) is 0 Å². The van der Waals surface area contributed by atoms with Crippen molar-refractivity contribution in [2.45, 2.75) is 35.8 Å². The fourth-order valence-corrected chi connectivity index (χ4v) is 4.40. The molecule has 0 spiro atoms. The van der Waals surface area contributed by atoms with Crippen molar-refractivity contribution < 1.29 is 4.79 Å². The fourth-order valence-electron chi connectivity index (χ4n) is 3.18. The topological polar surface area (TPSA) is 72.4 Å². The van der Waals surface area contributed by atoms with Crippen LogP contribution in [0.5, 0.6) is 0 Å². The number of thioether (sulfide) groups is 1. The van der Waals surface area contributed by atoms with Gasteiger partial charge in [0, 0.05) is 22.8 Å². The van der Waals surface area contributed by atoms with Gasteiger partial charge in [0.05, 0.1) is 10.7 Å². The zero-order chi connectivity index (χ0) is 18.1. The molecule has 0 aliphatic heterocycles. The third kappa shape index (κ3) is 3.20. The number of aromatic nitrogens is 2. The Kier molecular flexibility index (Phi) is 4.89. The number of hydrogen-bond acceptors (Lipinski definition) is 4. The molecule has 0 atom stereocenters. The van der Waals surface area contributed by atoms with E-state index in [0.29, 0.717) is 22.3 Å². The molecule has 1 amide bonds. The molecule has 1 aromatic carbocycles. The molecule has 5 nitrogen and oxygen atoms in total. The highest BCUT2D eigenvalue weighted by Crippen LogP contribution is 2.39. The maximum atomic E-state index is 12.4. The second-order valence-electron chi connectivity index (χ2n) is 6.44. The van der Waals surface area contributed by atoms with Crippen LogP contribution in [0.2, 0.25) is 5.02 Å². The van der Waals surface area contributed by atoms with E-state index < -0.39 is 0 Å². The van der Waals surface area contributed by atoms with Gasteiger partial charge in [-0.25, -0.2) is 10.8 Å². The molecular weight excluding hydrogens is 368 g/mol. The summed E-state index contributed by atoms with van der Waals surface area (Å²) in [6, 6.07) is 12.1. The zero-order valence-electron chi connectivity index (χ0n) is 14.1. The number of hydrogen-bond donors (Lipinski definition) is 2. The van der Waals surface area contributed by atoms with Crippen molar-refractivity contribution in [1.29, 1.82) is 0 Å². The Bertz CT molecular complexity index is 953. The first-order valence-corrected chi connectivity index (χ1v) is 9.93. The minimum Gasteiger partial charge on any atom is -0.293 e. The van der Waals surface area contributed by atoms with Gasteiger partial charge in [0.15, 0.2) is 5.65 Å². The average molecular weight is 387 g/mol. The Morgan fingerprint density at radius 2 is 2.12 bits per heavy atom. The number of amides is 1. The Labute approximate surface area is 160 Å². The van der Waals surface area contributed by atoms with E-state index in [1.54, 1.807) is 16.2 Å². The van der Waals surface area contributed by atoms with Crippen molar-refractivity contribution in [3.05, 3.63) is 64.6 Å². The molecule has 3 N–H and O–H groups in total. The maximum absolute atomic E-state index is 12.4. The third-order valence-corrected chi connectivity index (χ3v) is 6.08. The van der Waals surface area contributed by atoms with E-state index in [-0.39, 0.29) is 5.91 Å². The molecule has 0 radical (unpaired) electrons. The number of rotatable bonds is 5. The lowest BCUT2D eigenvalue weighted by atomic mass is 9.82. The molecule has 0 saturated heterocycles. The second kappa shape index (κ2) is 7.31. The normalized spacial score (nSPS) is 14.4. The van der Waals surface area contributed by atoms with Crippen molar-refractivity contribution in [1.82, 2.24) is 14.8 Å². The molecule has 1 aliphatic rings. The van der Waals surface area contributed by atoms with Gasteiger partial charge in [-0.3, -0.25) is 14.6 Å². The summed E-state index contributed by atoms with van der Waals surface area (Å²) in [4.78, 5) is 18.1. The molecule has 3 aromatic rings. The van der Waals surface area contributed by atoms with Gasteiger partial charge in [-0.05, 0) is 24.5 Å². The number of nitrogens with one attached hydrogen (secondary N) is 1. The van der Waals surface area contributed by atoms with Crippen LogP contribution in [0.1, 0.15) is 46.9 Å². The number of carbonyl (C=O) groups excluding carboxylic acids is 1. The van der Waals surface area contributed by atoms with Crippen LogP contribution >= 0.6 is 23.4 Å². The SMILES string of the molecule is NNC(=O)c1c(C2CCC2)nc2c(Cl)cc(SCc3ccccc3)cn12. The summed E-state index contributed by atoms with van der Waals surface area (Å²) >= 11 is 8.16. The van der Waals surface area contributed by atoms with Crippen LogP contribution in [0, 0.1) is 0 Å². The highest BCUT2D eigenvalue weighted by molar-refractivity contribution is 7.98. The molecule has 7 heteroatoms. The summed E-state index contributed by atoms with van der Waals surface area (Å²) in [5.41, 5.74) is 5.38. The molecule has 134 valence electrons. The highest BCUT2D eigenvalue weighted by Gasteiger charge is 2.30. The Balaban J connectivity index is 1.73. The van der Waals surface area contributed by atoms with Gasteiger partial charge in [-0.1, -0.05) is 48.4 Å². The number of nitrogens with zero attached hydrogens (tertiary/aromatic N) is 2. The second-order valence-corrected chi connectivity index (χ2v) is 7.89. The zero-order valence-corrected chi connectivity index (χ0v) is 15.7. The van der Waals surface area contributed by atoms with E-state index in [2.05, 4.69) is 22.5 Å². The van der Waals surface area contributed by atoms with Gasteiger partial charge in [-0.15, -0.1) is 11.8 Å². The molecule has 26 heavy (non-hydrogen) atoms. The molecule has 1 fully saturated rings. The van der Waals surface area contributed by atoms with Crippen molar-refractivity contribution >= 4 is 34.9 Å². The summed E-state index contributed by atoms with van der Waals surface area (Å²) in [5.74, 6) is 6.21. The van der Waals surface area contributed by atoms with Crippen LogP contribution in [-0.4, -0.2) is 15.3 Å². The minimum atomic E-state index is -0.333. The van der Waals surface area contributed by atoms with E-state index in [9.17, 15) is 4.79 Å². The maximum Gasteiger partial charge on any atom is 0.284 e. The van der Waals surface area contributed by atoms with Crippen molar-refractivity contribution in [3.63, 3.8) is 0 Å². The number of hydrazine groups is 1. The van der Waals surface area contributed by atoms with Gasteiger partial charge in [0.25, 0.3) is 5.91 Å². The number of nitrogens with two attached hydrogens (primary N) is 1. The number of imidazole rings is 1. The lowest BCUT2D eigenvalue weighted by molar-refractivity contribution is 0.0945. The first-order valence-electron chi connectivity index (χ1n) is 8.56. The van der Waals surface area contributed by atoms with Crippen LogP contribution in [0.25, 0.3) is 5.65 Å². The van der Waals surface area contributed by atoms with Gasteiger partial charge in [-0.2, -0.15) is 0 Å². The number of halogens is 1. The summed E-state index contributed by atoms with van der Waals surface area (Å²) in [6.45, 7) is 0. The monoisotopic (exact) mass is 386 g/mol. The molecular formula is C19H19ClN4OS. The van der Waals surface area contributed by atoms with Crippen LogP contribution < -0.4 is 11.3 Å². The highest BCUT2D eigenvalue weighted by atomic mass is 35.5. The molecule has 1 saturated carbocycles. The molecule has 4 rings (SSSR count). The third-order valence-electron chi connectivity index (χ3n) is 4.76. The quantitative estimate of drug-likeness (QED) is 0.299. The Hall–Kier alpha value is -2.02. The fraction of sp³-hybridized carbons (Fsp3) is 0.263. The standard InChI is InChI=1S/C19H19ClN4OS/c20-15-9-14(26-11-12-5-2-1-3-6-12)10-24-17(19(25)23-21)16(22-18(15)24)13-7-4-8-13/h1-3,5-6,9-10,13H,4,7-8,11,21H2,(H,23,25). The van der Waals surface area contributed by atoms with Crippen LogP contribution in [-0.2, 0) is 5.75 Å². The van der Waals surface area contributed by atoms with E-state index in [4.69, 9.17) is 17.4 Å². The summed E-state index contributed by atoms with van der Waals surface area (Å²) in [5, 5.41) is 0.541. The summed E-state index contributed by atoms with van der Waals surface area (Å²) in [6.07, 6.45) is 5.17. The van der Waals surface area contributed by atoms with Crippen LogP contribution in [0.4, 0.5) is 0 Å². The smallest absolute Gasteiger partial charge is 0.284 e. The predicted molar refractivity (Wildman–Crippen MR) is 104 cm³/mol. The van der Waals surface area contributed by atoms with Gasteiger partial charge in [0.1, 0.15) is 5.69 Å². The van der Waals surface area contributed by atoms with E-state index in [0.717, 1.165) is 35.6 Å². The molecule has 0 unspecified atom stereocenters. The minimum absolute atomic E-state index is 0.304. The van der Waals surface area contributed by atoms with Gasteiger partial charge in [0.2, 0.25) is 0 Å². The van der Waals surface area contributed by atoms with Gasteiger partial charge < -0.3 is 0 Å². The Morgan fingerprint density at radius 1 is 1.35 bits per heavy atom. The first kappa shape index (κ1) is 17.4. The lowest BCUT2D eigenvalue weighted by Crippen LogP contribution is -2.32. The number of pyridine rings is 1. The number of nitrogen functional groups attached to an aromatic ring is 1. The first-order chi connectivity index (χ1) is 12.7.